The number of ether oxygens (including phenoxy) is 1. The molecule has 0 fully saturated rings. The van der Waals surface area contributed by atoms with Crippen molar-refractivity contribution in [2.24, 2.45) is 0 Å². The quantitative estimate of drug-likeness (QED) is 0.863. The third-order valence-electron chi connectivity index (χ3n) is 2.65. The number of hydrogen-bond acceptors (Lipinski definition) is 2. The summed E-state index contributed by atoms with van der Waals surface area (Å²) >= 11 is 5.91. The number of nitrogens with one attached hydrogen (secondary N) is 1. The SMILES string of the molecule is COc1ccc(Cl)cc1NC(=O)/C=C/c1ccccc1. The van der Waals surface area contributed by atoms with Gasteiger partial charge in [0, 0.05) is 11.1 Å². The number of rotatable bonds is 4. The first-order chi connectivity index (χ1) is 9.69. The second-order valence-corrected chi connectivity index (χ2v) is 4.51. The summed E-state index contributed by atoms with van der Waals surface area (Å²) < 4.78 is 5.17. The van der Waals surface area contributed by atoms with E-state index in [1.54, 1.807) is 31.4 Å². The zero-order valence-corrected chi connectivity index (χ0v) is 11.7. The van der Waals surface area contributed by atoms with E-state index in [0.29, 0.717) is 16.5 Å². The molecule has 0 aliphatic heterocycles. The number of carbonyl (C=O) groups is 1. The van der Waals surface area contributed by atoms with Crippen molar-refractivity contribution in [3.05, 3.63) is 65.2 Å². The molecule has 0 aliphatic carbocycles. The normalized spacial score (nSPS) is 10.5. The summed E-state index contributed by atoms with van der Waals surface area (Å²) in [4.78, 5) is 11.9. The Labute approximate surface area is 122 Å². The van der Waals surface area contributed by atoms with Crippen LogP contribution in [0.15, 0.2) is 54.6 Å². The first kappa shape index (κ1) is 14.2. The Morgan fingerprint density at radius 2 is 1.95 bits per heavy atom. The Kier molecular flexibility index (Phi) is 4.80. The highest BCUT2D eigenvalue weighted by molar-refractivity contribution is 6.31. The van der Waals surface area contributed by atoms with Crippen molar-refractivity contribution >= 4 is 29.3 Å². The lowest BCUT2D eigenvalue weighted by molar-refractivity contribution is -0.111. The third kappa shape index (κ3) is 3.87. The van der Waals surface area contributed by atoms with Crippen molar-refractivity contribution in [1.29, 1.82) is 0 Å². The molecule has 1 amide bonds. The van der Waals surface area contributed by atoms with Gasteiger partial charge < -0.3 is 10.1 Å². The van der Waals surface area contributed by atoms with E-state index >= 15 is 0 Å². The summed E-state index contributed by atoms with van der Waals surface area (Å²) in [5.74, 6) is 0.324. The number of halogens is 1. The van der Waals surface area contributed by atoms with E-state index in [-0.39, 0.29) is 5.91 Å². The molecule has 2 rings (SSSR count). The highest BCUT2D eigenvalue weighted by Crippen LogP contribution is 2.27. The fourth-order valence-corrected chi connectivity index (χ4v) is 1.86. The van der Waals surface area contributed by atoms with Gasteiger partial charge in [0.1, 0.15) is 5.75 Å². The largest absolute Gasteiger partial charge is 0.495 e. The zero-order valence-electron chi connectivity index (χ0n) is 11.0. The molecule has 0 unspecified atom stereocenters. The molecule has 3 nitrogen and oxygen atoms in total. The molecule has 4 heteroatoms. The van der Waals surface area contributed by atoms with Crippen LogP contribution in [-0.4, -0.2) is 13.0 Å². The maximum absolute atomic E-state index is 11.9. The molecule has 0 aliphatic rings. The van der Waals surface area contributed by atoms with E-state index in [0.717, 1.165) is 5.56 Å². The Bertz CT molecular complexity index is 624. The third-order valence-corrected chi connectivity index (χ3v) is 2.88. The molecule has 20 heavy (non-hydrogen) atoms. The van der Waals surface area contributed by atoms with E-state index < -0.39 is 0 Å². The van der Waals surface area contributed by atoms with Crippen LogP contribution in [0.4, 0.5) is 5.69 Å². The van der Waals surface area contributed by atoms with Gasteiger partial charge in [-0.1, -0.05) is 41.9 Å². The van der Waals surface area contributed by atoms with E-state index in [9.17, 15) is 4.79 Å². The molecular formula is C16H14ClNO2. The molecule has 102 valence electrons. The van der Waals surface area contributed by atoms with E-state index in [2.05, 4.69) is 5.32 Å². The molecule has 0 aromatic heterocycles. The number of amides is 1. The zero-order chi connectivity index (χ0) is 14.4. The topological polar surface area (TPSA) is 38.3 Å². The van der Waals surface area contributed by atoms with Crippen LogP contribution >= 0.6 is 11.6 Å². The van der Waals surface area contributed by atoms with Gasteiger partial charge in [0.05, 0.1) is 12.8 Å². The molecule has 0 saturated heterocycles. The summed E-state index contributed by atoms with van der Waals surface area (Å²) in [6.07, 6.45) is 3.21. The molecule has 0 spiro atoms. The van der Waals surface area contributed by atoms with Crippen molar-refractivity contribution in [2.45, 2.75) is 0 Å². The van der Waals surface area contributed by atoms with Gasteiger partial charge >= 0.3 is 0 Å². The molecule has 1 N–H and O–H groups in total. The highest BCUT2D eigenvalue weighted by atomic mass is 35.5. The Balaban J connectivity index is 2.08. The van der Waals surface area contributed by atoms with Gasteiger partial charge in [-0.3, -0.25) is 4.79 Å². The number of benzene rings is 2. The van der Waals surface area contributed by atoms with Crippen LogP contribution in [0.5, 0.6) is 5.75 Å². The molecule has 0 bridgehead atoms. The van der Waals surface area contributed by atoms with E-state index in [1.807, 2.05) is 30.3 Å². The molecule has 0 heterocycles. The second kappa shape index (κ2) is 6.78. The maximum atomic E-state index is 11.9. The monoisotopic (exact) mass is 287 g/mol. The highest BCUT2D eigenvalue weighted by Gasteiger charge is 2.06. The second-order valence-electron chi connectivity index (χ2n) is 4.08. The summed E-state index contributed by atoms with van der Waals surface area (Å²) in [5, 5.41) is 3.27. The van der Waals surface area contributed by atoms with Crippen LogP contribution in [0, 0.1) is 0 Å². The van der Waals surface area contributed by atoms with Crippen LogP contribution in [0.2, 0.25) is 5.02 Å². The molecule has 2 aromatic rings. The Morgan fingerprint density at radius 1 is 1.20 bits per heavy atom. The van der Waals surface area contributed by atoms with Crippen LogP contribution in [-0.2, 0) is 4.79 Å². The summed E-state index contributed by atoms with van der Waals surface area (Å²) in [6, 6.07) is 14.7. The fraction of sp³-hybridized carbons (Fsp3) is 0.0625. The van der Waals surface area contributed by atoms with Crippen molar-refractivity contribution in [2.75, 3.05) is 12.4 Å². The molecule has 0 saturated carbocycles. The summed E-state index contributed by atoms with van der Waals surface area (Å²) in [6.45, 7) is 0. The number of hydrogen-bond donors (Lipinski definition) is 1. The lowest BCUT2D eigenvalue weighted by Gasteiger charge is -2.08. The smallest absolute Gasteiger partial charge is 0.248 e. The van der Waals surface area contributed by atoms with Crippen LogP contribution in [0.1, 0.15) is 5.56 Å². The summed E-state index contributed by atoms with van der Waals surface area (Å²) in [7, 11) is 1.54. The minimum absolute atomic E-state index is 0.241. The van der Waals surface area contributed by atoms with Gasteiger partial charge in [0.15, 0.2) is 0 Å². The van der Waals surface area contributed by atoms with Crippen molar-refractivity contribution < 1.29 is 9.53 Å². The molecule has 0 atom stereocenters. The molecular weight excluding hydrogens is 274 g/mol. The first-order valence-corrected chi connectivity index (χ1v) is 6.44. The van der Waals surface area contributed by atoms with Crippen molar-refractivity contribution in [3.63, 3.8) is 0 Å². The lowest BCUT2D eigenvalue weighted by atomic mass is 10.2. The average molecular weight is 288 g/mol. The van der Waals surface area contributed by atoms with Crippen LogP contribution in [0.3, 0.4) is 0 Å². The minimum atomic E-state index is -0.241. The maximum Gasteiger partial charge on any atom is 0.248 e. The van der Waals surface area contributed by atoms with Gasteiger partial charge in [-0.2, -0.15) is 0 Å². The van der Waals surface area contributed by atoms with Crippen LogP contribution < -0.4 is 10.1 Å². The van der Waals surface area contributed by atoms with Crippen LogP contribution in [0.25, 0.3) is 6.08 Å². The van der Waals surface area contributed by atoms with Crippen molar-refractivity contribution in [1.82, 2.24) is 0 Å². The number of anilines is 1. The summed E-state index contributed by atoms with van der Waals surface area (Å²) in [5.41, 5.74) is 1.50. The predicted molar refractivity (Wildman–Crippen MR) is 82.1 cm³/mol. The number of carbonyl (C=O) groups excluding carboxylic acids is 1. The fourth-order valence-electron chi connectivity index (χ4n) is 1.69. The lowest BCUT2D eigenvalue weighted by Crippen LogP contribution is -2.08. The van der Waals surface area contributed by atoms with Gasteiger partial charge in [0.25, 0.3) is 0 Å². The Hall–Kier alpha value is -2.26. The standard InChI is InChI=1S/C16H14ClNO2/c1-20-15-9-8-13(17)11-14(15)18-16(19)10-7-12-5-3-2-4-6-12/h2-11H,1H3,(H,18,19)/b10-7+. The van der Waals surface area contributed by atoms with Gasteiger partial charge in [0.2, 0.25) is 5.91 Å². The minimum Gasteiger partial charge on any atom is -0.495 e. The van der Waals surface area contributed by atoms with Gasteiger partial charge in [-0.15, -0.1) is 0 Å². The van der Waals surface area contributed by atoms with Gasteiger partial charge in [-0.25, -0.2) is 0 Å². The number of methoxy groups -OCH3 is 1. The van der Waals surface area contributed by atoms with Crippen molar-refractivity contribution in [3.8, 4) is 5.75 Å². The van der Waals surface area contributed by atoms with E-state index in [4.69, 9.17) is 16.3 Å². The molecule has 0 radical (unpaired) electrons. The van der Waals surface area contributed by atoms with E-state index in [1.165, 1.54) is 6.08 Å². The molecule has 2 aromatic carbocycles. The Morgan fingerprint density at radius 3 is 2.65 bits per heavy atom. The van der Waals surface area contributed by atoms with Gasteiger partial charge in [-0.05, 0) is 29.8 Å². The average Bonchev–Trinajstić information content (AvgIpc) is 2.46. The predicted octanol–water partition coefficient (Wildman–Crippen LogP) is 4.00. The first-order valence-electron chi connectivity index (χ1n) is 6.06.